The van der Waals surface area contributed by atoms with Crippen LogP contribution in [0.15, 0.2) is 29.5 Å². The molecule has 3 amide bonds. The van der Waals surface area contributed by atoms with Crippen LogP contribution in [-0.4, -0.2) is 68.8 Å². The van der Waals surface area contributed by atoms with Gasteiger partial charge in [-0.1, -0.05) is 6.92 Å². The first kappa shape index (κ1) is 26.0. The quantitative estimate of drug-likeness (QED) is 0.408. The van der Waals surface area contributed by atoms with Crippen LogP contribution in [0, 0.1) is 0 Å². The second kappa shape index (κ2) is 12.7. The lowest BCUT2D eigenvalue weighted by atomic mass is 10.00. The standard InChI is InChI=1S/C23H34N4O6/c1-6-16-21(22(29)33-9-4)17(26-23(30)25-16)13-27(5)14-20(28)24-15-10-11-18(31-7-2)19(12-15)32-8-3/h10-12,16H,6-9,13-14H2,1-5H3,(H,24,28)(H2,25,26,30). The zero-order valence-electron chi connectivity index (χ0n) is 19.9. The molecule has 0 aliphatic carbocycles. The van der Waals surface area contributed by atoms with Gasteiger partial charge < -0.3 is 30.2 Å². The lowest BCUT2D eigenvalue weighted by Crippen LogP contribution is -2.52. The average molecular weight is 463 g/mol. The summed E-state index contributed by atoms with van der Waals surface area (Å²) in [6, 6.07) is 4.37. The molecule has 0 aromatic heterocycles. The SMILES string of the molecule is CCOC(=O)C1=C(CN(C)CC(=O)Nc2ccc(OCC)c(OCC)c2)NC(=O)NC1CC. The highest BCUT2D eigenvalue weighted by Gasteiger charge is 2.32. The number of hydrogen-bond acceptors (Lipinski definition) is 7. The van der Waals surface area contributed by atoms with Crippen molar-refractivity contribution in [2.24, 2.45) is 0 Å². The average Bonchev–Trinajstić information content (AvgIpc) is 2.75. The number of hydrogen-bond donors (Lipinski definition) is 3. The van der Waals surface area contributed by atoms with Gasteiger partial charge >= 0.3 is 12.0 Å². The van der Waals surface area contributed by atoms with E-state index < -0.39 is 12.0 Å². The van der Waals surface area contributed by atoms with Crippen molar-refractivity contribution in [3.63, 3.8) is 0 Å². The van der Waals surface area contributed by atoms with Crippen LogP contribution >= 0.6 is 0 Å². The van der Waals surface area contributed by atoms with Crippen LogP contribution in [0.25, 0.3) is 0 Å². The number of rotatable bonds is 12. The summed E-state index contributed by atoms with van der Waals surface area (Å²) in [6.07, 6.45) is 0.537. The van der Waals surface area contributed by atoms with Gasteiger partial charge in [-0.2, -0.15) is 0 Å². The van der Waals surface area contributed by atoms with Crippen molar-refractivity contribution in [1.82, 2.24) is 15.5 Å². The number of anilines is 1. The maximum absolute atomic E-state index is 12.6. The maximum atomic E-state index is 12.6. The molecule has 0 saturated heterocycles. The highest BCUT2D eigenvalue weighted by atomic mass is 16.5. The first-order valence-corrected chi connectivity index (χ1v) is 11.2. The molecule has 182 valence electrons. The number of esters is 1. The zero-order chi connectivity index (χ0) is 24.4. The van der Waals surface area contributed by atoms with E-state index in [0.29, 0.717) is 48.1 Å². The van der Waals surface area contributed by atoms with Gasteiger partial charge in [-0.3, -0.25) is 9.69 Å². The number of nitrogens with zero attached hydrogens (tertiary/aromatic N) is 1. The molecule has 33 heavy (non-hydrogen) atoms. The fourth-order valence-electron chi connectivity index (χ4n) is 3.49. The summed E-state index contributed by atoms with van der Waals surface area (Å²) in [5.74, 6) is 0.426. The third kappa shape index (κ3) is 7.38. The van der Waals surface area contributed by atoms with E-state index in [1.54, 1.807) is 37.1 Å². The van der Waals surface area contributed by atoms with Crippen LogP contribution in [-0.2, 0) is 14.3 Å². The van der Waals surface area contributed by atoms with E-state index >= 15 is 0 Å². The fourth-order valence-corrected chi connectivity index (χ4v) is 3.49. The number of urea groups is 1. The molecule has 1 aromatic rings. The normalized spacial score (nSPS) is 15.6. The molecule has 0 fully saturated rings. The summed E-state index contributed by atoms with van der Waals surface area (Å²) >= 11 is 0. The lowest BCUT2D eigenvalue weighted by Gasteiger charge is -2.30. The smallest absolute Gasteiger partial charge is 0.337 e. The number of amides is 3. The monoisotopic (exact) mass is 462 g/mol. The van der Waals surface area contributed by atoms with Gasteiger partial charge in [-0.05, 0) is 46.4 Å². The lowest BCUT2D eigenvalue weighted by molar-refractivity contribution is -0.139. The predicted molar refractivity (Wildman–Crippen MR) is 124 cm³/mol. The van der Waals surface area contributed by atoms with E-state index in [2.05, 4.69) is 16.0 Å². The summed E-state index contributed by atoms with van der Waals surface area (Å²) in [5, 5.41) is 8.26. The first-order valence-electron chi connectivity index (χ1n) is 11.2. The molecule has 1 aliphatic heterocycles. The van der Waals surface area contributed by atoms with Crippen LogP contribution in [0.1, 0.15) is 34.1 Å². The van der Waals surface area contributed by atoms with Crippen molar-refractivity contribution < 1.29 is 28.6 Å². The van der Waals surface area contributed by atoms with E-state index in [9.17, 15) is 14.4 Å². The number of carbonyl (C=O) groups excluding carboxylic acids is 3. The molecule has 10 heteroatoms. The Kier molecular flexibility index (Phi) is 9.99. The molecule has 0 radical (unpaired) electrons. The van der Waals surface area contributed by atoms with E-state index in [0.717, 1.165) is 0 Å². The molecule has 3 N–H and O–H groups in total. The van der Waals surface area contributed by atoms with E-state index in [1.807, 2.05) is 20.8 Å². The molecule has 1 heterocycles. The summed E-state index contributed by atoms with van der Waals surface area (Å²) in [7, 11) is 1.73. The zero-order valence-corrected chi connectivity index (χ0v) is 19.9. The minimum absolute atomic E-state index is 0.0386. The van der Waals surface area contributed by atoms with Crippen molar-refractivity contribution >= 4 is 23.6 Å². The Bertz CT molecular complexity index is 886. The number of benzene rings is 1. The van der Waals surface area contributed by atoms with Gasteiger partial charge in [0, 0.05) is 24.0 Å². The van der Waals surface area contributed by atoms with Crippen molar-refractivity contribution in [3.8, 4) is 11.5 Å². The number of nitrogens with one attached hydrogen (secondary N) is 3. The largest absolute Gasteiger partial charge is 0.490 e. The minimum atomic E-state index is -0.484. The minimum Gasteiger partial charge on any atom is -0.490 e. The fraction of sp³-hybridized carbons (Fsp3) is 0.522. The van der Waals surface area contributed by atoms with Crippen molar-refractivity contribution in [2.45, 2.75) is 40.2 Å². The van der Waals surface area contributed by atoms with Gasteiger partial charge in [0.15, 0.2) is 11.5 Å². The second-order valence-electron chi connectivity index (χ2n) is 7.42. The molecule has 0 saturated carbocycles. The molecule has 10 nitrogen and oxygen atoms in total. The summed E-state index contributed by atoms with van der Waals surface area (Å²) < 4.78 is 16.3. The van der Waals surface area contributed by atoms with Crippen LogP contribution in [0.3, 0.4) is 0 Å². The van der Waals surface area contributed by atoms with Gasteiger partial charge in [-0.15, -0.1) is 0 Å². The third-order valence-corrected chi connectivity index (χ3v) is 4.82. The van der Waals surface area contributed by atoms with Gasteiger partial charge in [0.2, 0.25) is 5.91 Å². The molecule has 1 unspecified atom stereocenters. The van der Waals surface area contributed by atoms with Gasteiger partial charge in [0.05, 0.1) is 38.0 Å². The van der Waals surface area contributed by atoms with Crippen molar-refractivity contribution in [2.75, 3.05) is 45.3 Å². The van der Waals surface area contributed by atoms with Gasteiger partial charge in [0.25, 0.3) is 0 Å². The Morgan fingerprint density at radius 1 is 1.06 bits per heavy atom. The van der Waals surface area contributed by atoms with Crippen molar-refractivity contribution in [1.29, 1.82) is 0 Å². The van der Waals surface area contributed by atoms with E-state index in [1.165, 1.54) is 0 Å². The molecular formula is C23H34N4O6. The summed E-state index contributed by atoms with van der Waals surface area (Å²) in [6.45, 7) is 8.79. The molecule has 0 bridgehead atoms. The molecular weight excluding hydrogens is 428 g/mol. The van der Waals surface area contributed by atoms with E-state index in [-0.39, 0.29) is 31.6 Å². The highest BCUT2D eigenvalue weighted by molar-refractivity contribution is 5.95. The number of ether oxygens (including phenoxy) is 3. The Hall–Kier alpha value is -3.27. The second-order valence-corrected chi connectivity index (χ2v) is 7.42. The Labute approximate surface area is 194 Å². The number of likely N-dealkylation sites (N-methyl/N-ethyl adjacent to an activating group) is 1. The van der Waals surface area contributed by atoms with E-state index in [4.69, 9.17) is 14.2 Å². The summed E-state index contributed by atoms with van der Waals surface area (Å²) in [4.78, 5) is 38.9. The third-order valence-electron chi connectivity index (χ3n) is 4.82. The Morgan fingerprint density at radius 2 is 1.76 bits per heavy atom. The predicted octanol–water partition coefficient (Wildman–Crippen LogP) is 2.26. The van der Waals surface area contributed by atoms with Crippen LogP contribution in [0.5, 0.6) is 11.5 Å². The van der Waals surface area contributed by atoms with Gasteiger partial charge in [0.1, 0.15) is 0 Å². The van der Waals surface area contributed by atoms with Crippen LogP contribution in [0.4, 0.5) is 10.5 Å². The molecule has 2 rings (SSSR count). The Morgan fingerprint density at radius 3 is 2.39 bits per heavy atom. The maximum Gasteiger partial charge on any atom is 0.337 e. The highest BCUT2D eigenvalue weighted by Crippen LogP contribution is 2.30. The topological polar surface area (TPSA) is 118 Å². The first-order chi connectivity index (χ1) is 15.8. The van der Waals surface area contributed by atoms with Crippen LogP contribution in [0.2, 0.25) is 0 Å². The molecule has 0 spiro atoms. The molecule has 1 aromatic carbocycles. The number of carbonyl (C=O) groups is 3. The Balaban J connectivity index is 2.09. The van der Waals surface area contributed by atoms with Crippen LogP contribution < -0.4 is 25.4 Å². The summed E-state index contributed by atoms with van der Waals surface area (Å²) in [5.41, 5.74) is 1.38. The molecule has 1 aliphatic rings. The van der Waals surface area contributed by atoms with Crippen molar-refractivity contribution in [3.05, 3.63) is 29.5 Å². The van der Waals surface area contributed by atoms with Gasteiger partial charge in [-0.25, -0.2) is 9.59 Å². The molecule has 1 atom stereocenters.